The first kappa shape index (κ1) is 15.0. The highest BCUT2D eigenvalue weighted by Crippen LogP contribution is 2.15. The van der Waals surface area contributed by atoms with Gasteiger partial charge in [-0.2, -0.15) is 5.10 Å². The average Bonchev–Trinajstić information content (AvgIpc) is 2.97. The number of hydrogen-bond acceptors (Lipinski definition) is 4. The summed E-state index contributed by atoms with van der Waals surface area (Å²) in [5.74, 6) is -0.149. The van der Waals surface area contributed by atoms with Crippen LogP contribution >= 0.6 is 0 Å². The Balaban J connectivity index is 1.95. The van der Waals surface area contributed by atoms with Crippen LogP contribution in [0.4, 0.5) is 0 Å². The van der Waals surface area contributed by atoms with Crippen molar-refractivity contribution in [3.63, 3.8) is 0 Å². The van der Waals surface area contributed by atoms with Crippen LogP contribution in [0, 0.1) is 5.92 Å². The van der Waals surface area contributed by atoms with Gasteiger partial charge >= 0.3 is 0 Å². The summed E-state index contributed by atoms with van der Waals surface area (Å²) in [5.41, 5.74) is 0.438. The molecule has 6 heteroatoms. The summed E-state index contributed by atoms with van der Waals surface area (Å²) < 4.78 is 1.88. The summed E-state index contributed by atoms with van der Waals surface area (Å²) in [5, 5.41) is 19.7. The van der Waals surface area contributed by atoms with Gasteiger partial charge in [-0.25, -0.2) is 0 Å². The number of carbonyl (C=O) groups excluding carboxylic acids is 1. The second-order valence-electron chi connectivity index (χ2n) is 5.60. The van der Waals surface area contributed by atoms with Gasteiger partial charge in [0.25, 0.3) is 5.91 Å². The van der Waals surface area contributed by atoms with E-state index in [2.05, 4.69) is 15.7 Å². The Kier molecular flexibility index (Phi) is 5.14. The van der Waals surface area contributed by atoms with Gasteiger partial charge in [0.05, 0.1) is 6.04 Å². The van der Waals surface area contributed by atoms with Crippen LogP contribution in [0.25, 0.3) is 0 Å². The smallest absolute Gasteiger partial charge is 0.271 e. The predicted molar refractivity (Wildman–Crippen MR) is 76.5 cm³/mol. The Morgan fingerprint density at radius 1 is 1.65 bits per heavy atom. The van der Waals surface area contributed by atoms with Crippen molar-refractivity contribution >= 4 is 5.91 Å². The van der Waals surface area contributed by atoms with Crippen LogP contribution in [0.1, 0.15) is 43.2 Å². The molecule has 1 aromatic rings. The highest BCUT2D eigenvalue weighted by Gasteiger charge is 2.19. The van der Waals surface area contributed by atoms with Gasteiger partial charge in [-0.05, 0) is 38.3 Å². The molecule has 0 aliphatic carbocycles. The molecule has 1 aromatic heterocycles. The summed E-state index contributed by atoms with van der Waals surface area (Å²) in [7, 11) is 0. The number of aliphatic hydroxyl groups is 1. The zero-order chi connectivity index (χ0) is 14.5. The molecule has 1 amide bonds. The lowest BCUT2D eigenvalue weighted by molar-refractivity contribution is 0.0910. The molecule has 1 aliphatic heterocycles. The van der Waals surface area contributed by atoms with Crippen LogP contribution in [0.5, 0.6) is 0 Å². The fraction of sp³-hybridized carbons (Fsp3) is 0.714. The van der Waals surface area contributed by atoms with E-state index in [1.807, 2.05) is 24.7 Å². The Morgan fingerprint density at radius 3 is 3.10 bits per heavy atom. The minimum atomic E-state index is -0.180. The maximum Gasteiger partial charge on any atom is 0.271 e. The molecule has 3 N–H and O–H groups in total. The molecule has 0 aromatic carbocycles. The van der Waals surface area contributed by atoms with Gasteiger partial charge in [0.1, 0.15) is 5.69 Å². The van der Waals surface area contributed by atoms with Gasteiger partial charge < -0.3 is 15.7 Å². The second kappa shape index (κ2) is 6.85. The quantitative estimate of drug-likeness (QED) is 0.736. The standard InChI is InChI=1S/C14H24N4O2/c1-10(9-19)11(2)16-14(20)13-5-7-18(17-13)12-4-3-6-15-8-12/h5,7,10-12,15,19H,3-4,6,8-9H2,1-2H3,(H,16,20). The van der Waals surface area contributed by atoms with E-state index in [0.717, 1.165) is 25.9 Å². The third-order valence-corrected chi connectivity index (χ3v) is 3.99. The number of nitrogens with zero attached hydrogens (tertiary/aromatic N) is 2. The van der Waals surface area contributed by atoms with E-state index in [1.54, 1.807) is 6.07 Å². The molecule has 0 spiro atoms. The van der Waals surface area contributed by atoms with Crippen LogP contribution in [0.15, 0.2) is 12.3 Å². The van der Waals surface area contributed by atoms with Crippen molar-refractivity contribution in [3.05, 3.63) is 18.0 Å². The zero-order valence-electron chi connectivity index (χ0n) is 12.2. The summed E-state index contributed by atoms with van der Waals surface area (Å²) in [4.78, 5) is 12.1. The molecule has 2 heterocycles. The molecule has 3 unspecified atom stereocenters. The van der Waals surface area contributed by atoms with Crippen LogP contribution in [0.3, 0.4) is 0 Å². The normalized spacial score (nSPS) is 22.2. The van der Waals surface area contributed by atoms with Crippen molar-refractivity contribution in [1.82, 2.24) is 20.4 Å². The highest BCUT2D eigenvalue weighted by atomic mass is 16.3. The van der Waals surface area contributed by atoms with Crippen LogP contribution < -0.4 is 10.6 Å². The third-order valence-electron chi connectivity index (χ3n) is 3.99. The number of amides is 1. The van der Waals surface area contributed by atoms with Crippen molar-refractivity contribution < 1.29 is 9.90 Å². The lowest BCUT2D eigenvalue weighted by Crippen LogP contribution is -2.38. The molecule has 20 heavy (non-hydrogen) atoms. The molecule has 112 valence electrons. The molecule has 1 saturated heterocycles. The molecule has 2 rings (SSSR count). The zero-order valence-corrected chi connectivity index (χ0v) is 12.2. The van der Waals surface area contributed by atoms with Crippen molar-refractivity contribution in [2.24, 2.45) is 5.92 Å². The first-order chi connectivity index (χ1) is 9.61. The third kappa shape index (κ3) is 3.58. The van der Waals surface area contributed by atoms with E-state index < -0.39 is 0 Å². The van der Waals surface area contributed by atoms with Crippen molar-refractivity contribution in [3.8, 4) is 0 Å². The molecule has 0 bridgehead atoms. The number of hydrogen-bond donors (Lipinski definition) is 3. The monoisotopic (exact) mass is 280 g/mol. The second-order valence-corrected chi connectivity index (χ2v) is 5.60. The molecule has 6 nitrogen and oxygen atoms in total. The summed E-state index contributed by atoms with van der Waals surface area (Å²) in [6, 6.07) is 2.01. The molecular weight excluding hydrogens is 256 g/mol. The summed E-state index contributed by atoms with van der Waals surface area (Å²) in [6.45, 7) is 5.81. The van der Waals surface area contributed by atoms with Crippen molar-refractivity contribution in [1.29, 1.82) is 0 Å². The summed E-state index contributed by atoms with van der Waals surface area (Å²) >= 11 is 0. The number of nitrogens with one attached hydrogen (secondary N) is 2. The first-order valence-corrected chi connectivity index (χ1v) is 7.29. The van der Waals surface area contributed by atoms with Crippen molar-refractivity contribution in [2.45, 2.75) is 38.8 Å². The van der Waals surface area contributed by atoms with Crippen LogP contribution in [-0.2, 0) is 0 Å². The number of aliphatic hydroxyl groups excluding tert-OH is 1. The van der Waals surface area contributed by atoms with Gasteiger partial charge in [-0.3, -0.25) is 9.48 Å². The lowest BCUT2D eigenvalue weighted by atomic mass is 10.1. The van der Waals surface area contributed by atoms with E-state index in [4.69, 9.17) is 5.11 Å². The Morgan fingerprint density at radius 2 is 2.45 bits per heavy atom. The average molecular weight is 280 g/mol. The maximum absolute atomic E-state index is 12.1. The predicted octanol–water partition coefficient (Wildman–Crippen LogP) is 0.554. The van der Waals surface area contributed by atoms with E-state index in [9.17, 15) is 4.79 Å². The molecule has 3 atom stereocenters. The van der Waals surface area contributed by atoms with Gasteiger partial charge in [0.15, 0.2) is 0 Å². The van der Waals surface area contributed by atoms with Crippen LogP contribution in [-0.4, -0.2) is 46.5 Å². The van der Waals surface area contributed by atoms with Gasteiger partial charge in [0.2, 0.25) is 0 Å². The molecule has 1 fully saturated rings. The fourth-order valence-electron chi connectivity index (χ4n) is 2.30. The molecule has 0 radical (unpaired) electrons. The number of piperidine rings is 1. The van der Waals surface area contributed by atoms with E-state index in [-0.39, 0.29) is 24.5 Å². The number of carbonyl (C=O) groups is 1. The van der Waals surface area contributed by atoms with Gasteiger partial charge in [0, 0.05) is 25.4 Å². The largest absolute Gasteiger partial charge is 0.396 e. The van der Waals surface area contributed by atoms with E-state index in [0.29, 0.717) is 11.7 Å². The topological polar surface area (TPSA) is 79.2 Å². The SMILES string of the molecule is CC(CO)C(C)NC(=O)c1ccn(C2CCCNC2)n1. The first-order valence-electron chi connectivity index (χ1n) is 7.29. The minimum Gasteiger partial charge on any atom is -0.396 e. The fourth-order valence-corrected chi connectivity index (χ4v) is 2.30. The Hall–Kier alpha value is -1.40. The van der Waals surface area contributed by atoms with Crippen molar-refractivity contribution in [2.75, 3.05) is 19.7 Å². The number of rotatable bonds is 5. The summed E-state index contributed by atoms with van der Waals surface area (Å²) in [6.07, 6.45) is 4.09. The Bertz CT molecular complexity index is 440. The molecule has 0 saturated carbocycles. The minimum absolute atomic E-state index is 0.0311. The molecule has 1 aliphatic rings. The Labute approximate surface area is 119 Å². The van der Waals surface area contributed by atoms with Gasteiger partial charge in [-0.1, -0.05) is 6.92 Å². The lowest BCUT2D eigenvalue weighted by Gasteiger charge is -2.23. The van der Waals surface area contributed by atoms with Gasteiger partial charge in [-0.15, -0.1) is 0 Å². The molecular formula is C14H24N4O2. The van der Waals surface area contributed by atoms with E-state index >= 15 is 0 Å². The van der Waals surface area contributed by atoms with E-state index in [1.165, 1.54) is 0 Å². The maximum atomic E-state index is 12.1. The highest BCUT2D eigenvalue weighted by molar-refractivity contribution is 5.92. The van der Waals surface area contributed by atoms with Crippen LogP contribution in [0.2, 0.25) is 0 Å². The number of aromatic nitrogens is 2.